The Labute approximate surface area is 191 Å². The summed E-state index contributed by atoms with van der Waals surface area (Å²) in [7, 11) is -3.44. The molecule has 178 valence electrons. The van der Waals surface area contributed by atoms with Crippen molar-refractivity contribution in [3.63, 3.8) is 0 Å². The van der Waals surface area contributed by atoms with Crippen LogP contribution in [0.15, 0.2) is 48.5 Å². The molecule has 0 saturated carbocycles. The third-order valence-electron chi connectivity index (χ3n) is 5.45. The van der Waals surface area contributed by atoms with Crippen molar-refractivity contribution in [3.8, 4) is 0 Å². The number of carboxylic acid groups (broad SMARTS) is 2. The van der Waals surface area contributed by atoms with Crippen molar-refractivity contribution in [3.05, 3.63) is 70.8 Å². The number of nitrogens with one attached hydrogen (secondary N) is 1. The van der Waals surface area contributed by atoms with Gasteiger partial charge < -0.3 is 20.1 Å². The lowest BCUT2D eigenvalue weighted by Gasteiger charge is -2.31. The molecule has 11 heteroatoms. The van der Waals surface area contributed by atoms with Crippen molar-refractivity contribution in [2.45, 2.75) is 31.3 Å². The van der Waals surface area contributed by atoms with Crippen LogP contribution in [0.4, 0.5) is 0 Å². The van der Waals surface area contributed by atoms with Gasteiger partial charge in [0.1, 0.15) is 0 Å². The number of ether oxygens (including phenoxy) is 1. The van der Waals surface area contributed by atoms with E-state index in [1.165, 1.54) is 24.3 Å². The molecule has 0 aliphatic carbocycles. The Hall–Kier alpha value is -2.83. The summed E-state index contributed by atoms with van der Waals surface area (Å²) in [4.78, 5) is 24.2. The second-order valence-corrected chi connectivity index (χ2v) is 9.79. The van der Waals surface area contributed by atoms with Gasteiger partial charge in [-0.1, -0.05) is 24.3 Å². The summed E-state index contributed by atoms with van der Waals surface area (Å²) in [5.41, 5.74) is 1.94. The Morgan fingerprint density at radius 1 is 0.970 bits per heavy atom. The topological polar surface area (TPSA) is 153 Å². The van der Waals surface area contributed by atoms with Crippen LogP contribution in [0.1, 0.15) is 31.8 Å². The highest BCUT2D eigenvalue weighted by atomic mass is 32.2. The van der Waals surface area contributed by atoms with E-state index in [-0.39, 0.29) is 24.3 Å². The van der Waals surface area contributed by atoms with E-state index >= 15 is 0 Å². The largest absolute Gasteiger partial charge is 0.478 e. The lowest BCUT2D eigenvalue weighted by atomic mass is 10.0. The molecule has 4 N–H and O–H groups in total. The van der Waals surface area contributed by atoms with E-state index in [4.69, 9.17) is 14.9 Å². The van der Waals surface area contributed by atoms with Crippen LogP contribution in [0.2, 0.25) is 0 Å². The maximum absolute atomic E-state index is 11.4. The highest BCUT2D eigenvalue weighted by Crippen LogP contribution is 2.24. The van der Waals surface area contributed by atoms with Gasteiger partial charge in [-0.3, -0.25) is 4.90 Å². The number of aliphatic hydroxyl groups excluding tert-OH is 1. The summed E-state index contributed by atoms with van der Waals surface area (Å²) >= 11 is 0. The number of nitrogens with zero attached hydrogens (tertiary/aromatic N) is 1. The first-order valence-corrected chi connectivity index (χ1v) is 12.1. The molecule has 1 aliphatic heterocycles. The van der Waals surface area contributed by atoms with E-state index < -0.39 is 40.2 Å². The average Bonchev–Trinajstić information content (AvgIpc) is 3.12. The summed E-state index contributed by atoms with van der Waals surface area (Å²) < 4.78 is 30.8. The van der Waals surface area contributed by atoms with E-state index in [2.05, 4.69) is 4.72 Å². The van der Waals surface area contributed by atoms with Crippen LogP contribution in [0, 0.1) is 0 Å². The Kier molecular flexibility index (Phi) is 7.82. The molecule has 0 radical (unpaired) electrons. The van der Waals surface area contributed by atoms with Crippen LogP contribution in [-0.4, -0.2) is 78.2 Å². The monoisotopic (exact) mass is 478 g/mol. The molecule has 1 saturated heterocycles. The zero-order valence-electron chi connectivity index (χ0n) is 17.9. The molecular formula is C22H26N2O8S. The Morgan fingerprint density at radius 2 is 1.42 bits per heavy atom. The van der Waals surface area contributed by atoms with E-state index in [9.17, 15) is 23.1 Å². The van der Waals surface area contributed by atoms with Crippen LogP contribution in [-0.2, 0) is 27.8 Å². The van der Waals surface area contributed by atoms with E-state index in [0.717, 1.165) is 17.4 Å². The molecule has 2 aromatic carbocycles. The predicted octanol–water partition coefficient (Wildman–Crippen LogP) is 0.763. The fraction of sp³-hybridized carbons (Fsp3) is 0.364. The van der Waals surface area contributed by atoms with Crippen LogP contribution in [0.3, 0.4) is 0 Å². The van der Waals surface area contributed by atoms with Gasteiger partial charge in [0, 0.05) is 19.6 Å². The highest BCUT2D eigenvalue weighted by Gasteiger charge is 2.39. The zero-order valence-corrected chi connectivity index (χ0v) is 18.7. The van der Waals surface area contributed by atoms with Gasteiger partial charge in [0.05, 0.1) is 42.2 Å². The van der Waals surface area contributed by atoms with Gasteiger partial charge in [0.15, 0.2) is 0 Å². The molecule has 33 heavy (non-hydrogen) atoms. The fourth-order valence-electron chi connectivity index (χ4n) is 3.67. The Morgan fingerprint density at radius 3 is 1.82 bits per heavy atom. The summed E-state index contributed by atoms with van der Waals surface area (Å²) in [6, 6.07) is 12.3. The fourth-order valence-corrected chi connectivity index (χ4v) is 4.13. The predicted molar refractivity (Wildman–Crippen MR) is 118 cm³/mol. The van der Waals surface area contributed by atoms with Crippen LogP contribution in [0.5, 0.6) is 0 Å². The molecule has 1 heterocycles. The maximum Gasteiger partial charge on any atom is 0.335 e. The summed E-state index contributed by atoms with van der Waals surface area (Å²) in [6.45, 7) is 0.818. The van der Waals surface area contributed by atoms with Gasteiger partial charge in [0.25, 0.3) is 0 Å². The van der Waals surface area contributed by atoms with Gasteiger partial charge >= 0.3 is 11.9 Å². The lowest BCUT2D eigenvalue weighted by molar-refractivity contribution is 0.0330. The molecular weight excluding hydrogens is 452 g/mol. The van der Waals surface area contributed by atoms with Crippen molar-refractivity contribution in [2.75, 3.05) is 19.4 Å². The standard InChI is InChI=1S/C22H26N2O8S/c1-33(30,31)23-10-19-20(25)18(13-32-19)24(11-14-2-6-16(7-3-14)21(26)27)12-15-4-8-17(9-5-15)22(28)29/h2-9,18-20,23,25H,10-13H2,1H3,(H,26,27)(H,28,29)/t18-,19-,20+/m1/s1. The van der Waals surface area contributed by atoms with E-state index in [0.29, 0.717) is 13.1 Å². The first-order chi connectivity index (χ1) is 15.5. The van der Waals surface area contributed by atoms with Crippen LogP contribution in [0.25, 0.3) is 0 Å². The van der Waals surface area contributed by atoms with Gasteiger partial charge in [-0.25, -0.2) is 22.7 Å². The molecule has 1 fully saturated rings. The summed E-state index contributed by atoms with van der Waals surface area (Å²) in [5, 5.41) is 29.1. The van der Waals surface area contributed by atoms with Crippen molar-refractivity contribution in [2.24, 2.45) is 0 Å². The number of sulfonamides is 1. The number of benzene rings is 2. The second-order valence-electron chi connectivity index (χ2n) is 7.96. The minimum absolute atomic E-state index is 0.0645. The number of rotatable bonds is 10. The average molecular weight is 479 g/mol. The number of carbonyl (C=O) groups is 2. The zero-order chi connectivity index (χ0) is 24.2. The second kappa shape index (κ2) is 10.4. The molecule has 2 aromatic rings. The van der Waals surface area contributed by atoms with Gasteiger partial charge in [-0.15, -0.1) is 0 Å². The number of aromatic carboxylic acids is 2. The molecule has 0 bridgehead atoms. The molecule has 1 aliphatic rings. The molecule has 3 rings (SSSR count). The van der Waals surface area contributed by atoms with Crippen LogP contribution < -0.4 is 4.72 Å². The SMILES string of the molecule is CS(=O)(=O)NC[C@H]1OC[C@@H](N(Cc2ccc(C(=O)O)cc2)Cc2ccc(C(=O)O)cc2)[C@@H]1O. The summed E-state index contributed by atoms with van der Waals surface area (Å²) in [6.07, 6.45) is -0.675. The van der Waals surface area contributed by atoms with Crippen molar-refractivity contribution in [1.29, 1.82) is 0 Å². The highest BCUT2D eigenvalue weighted by molar-refractivity contribution is 7.88. The number of hydrogen-bond donors (Lipinski definition) is 4. The van der Waals surface area contributed by atoms with Crippen molar-refractivity contribution >= 4 is 22.0 Å². The third kappa shape index (κ3) is 6.83. The molecule has 10 nitrogen and oxygen atoms in total. The molecule has 0 unspecified atom stereocenters. The minimum atomic E-state index is -3.44. The van der Waals surface area contributed by atoms with Gasteiger partial charge in [-0.05, 0) is 35.4 Å². The number of hydrogen-bond acceptors (Lipinski definition) is 7. The number of carboxylic acids is 2. The molecule has 0 amide bonds. The Balaban J connectivity index is 1.80. The molecule has 0 aromatic heterocycles. The first kappa shape index (κ1) is 24.8. The molecule has 0 spiro atoms. The summed E-state index contributed by atoms with van der Waals surface area (Å²) in [5.74, 6) is -2.06. The van der Waals surface area contributed by atoms with Gasteiger partial charge in [-0.2, -0.15) is 0 Å². The number of aliphatic hydroxyl groups is 1. The minimum Gasteiger partial charge on any atom is -0.478 e. The molecule has 3 atom stereocenters. The Bertz CT molecular complexity index is 1030. The smallest absolute Gasteiger partial charge is 0.335 e. The van der Waals surface area contributed by atoms with E-state index in [1.54, 1.807) is 24.3 Å². The first-order valence-electron chi connectivity index (χ1n) is 10.2. The quantitative estimate of drug-likeness (QED) is 0.388. The third-order valence-corrected chi connectivity index (χ3v) is 6.14. The maximum atomic E-state index is 11.4. The van der Waals surface area contributed by atoms with Crippen molar-refractivity contribution in [1.82, 2.24) is 9.62 Å². The van der Waals surface area contributed by atoms with Gasteiger partial charge in [0.2, 0.25) is 10.0 Å². The van der Waals surface area contributed by atoms with E-state index in [1.807, 2.05) is 4.90 Å². The van der Waals surface area contributed by atoms with Crippen molar-refractivity contribution < 1.29 is 38.1 Å². The van der Waals surface area contributed by atoms with Crippen LogP contribution >= 0.6 is 0 Å². The normalized spacial score (nSPS) is 20.8. The lowest BCUT2D eigenvalue weighted by Crippen LogP contribution is -2.46.